The van der Waals surface area contributed by atoms with E-state index < -0.39 is 0 Å². The highest BCUT2D eigenvalue weighted by Gasteiger charge is 2.18. The zero-order valence-electron chi connectivity index (χ0n) is 9.42. The summed E-state index contributed by atoms with van der Waals surface area (Å²) in [6.07, 6.45) is 7.20. The number of rotatable bonds is 4. The minimum atomic E-state index is 0.454. The van der Waals surface area contributed by atoms with Crippen LogP contribution in [0, 0.1) is 0 Å². The largest absolute Gasteiger partial charge is 0.364 e. The Labute approximate surface area is 91.7 Å². The minimum absolute atomic E-state index is 0.454. The van der Waals surface area contributed by atoms with E-state index in [1.165, 1.54) is 37.9 Å². The molecule has 1 aromatic heterocycles. The molecule has 15 heavy (non-hydrogen) atoms. The van der Waals surface area contributed by atoms with Crippen molar-refractivity contribution in [2.24, 2.45) is 0 Å². The summed E-state index contributed by atoms with van der Waals surface area (Å²) in [5, 5.41) is 6.97. The van der Waals surface area contributed by atoms with Gasteiger partial charge in [-0.1, -0.05) is 6.42 Å². The Kier molecular flexibility index (Phi) is 3.80. The van der Waals surface area contributed by atoms with Crippen LogP contribution in [0.15, 0.2) is 18.3 Å². The van der Waals surface area contributed by atoms with Crippen molar-refractivity contribution in [3.8, 4) is 0 Å². The average molecular weight is 207 g/mol. The zero-order valence-corrected chi connectivity index (χ0v) is 9.42. The summed E-state index contributed by atoms with van der Waals surface area (Å²) < 4.78 is 0. The van der Waals surface area contributed by atoms with Crippen LogP contribution in [0.3, 0.4) is 0 Å². The molecule has 0 bridgehead atoms. The van der Waals surface area contributed by atoms with Gasteiger partial charge in [-0.25, -0.2) is 0 Å². The number of hydrogen-bond acceptors (Lipinski definition) is 2. The SMILES string of the molecule is CNC(CC1CCCCN1)c1ccc[nH]1. The molecule has 1 aliphatic heterocycles. The van der Waals surface area contributed by atoms with Gasteiger partial charge in [0.15, 0.2) is 0 Å². The van der Waals surface area contributed by atoms with Crippen LogP contribution in [-0.4, -0.2) is 24.6 Å². The van der Waals surface area contributed by atoms with Crippen LogP contribution in [0.4, 0.5) is 0 Å². The lowest BCUT2D eigenvalue weighted by molar-refractivity contribution is 0.345. The first-order valence-corrected chi connectivity index (χ1v) is 5.94. The lowest BCUT2D eigenvalue weighted by Crippen LogP contribution is -2.37. The summed E-state index contributed by atoms with van der Waals surface area (Å²) in [4.78, 5) is 3.29. The van der Waals surface area contributed by atoms with Crippen LogP contribution in [0.25, 0.3) is 0 Å². The van der Waals surface area contributed by atoms with Crippen molar-refractivity contribution in [3.05, 3.63) is 24.0 Å². The topological polar surface area (TPSA) is 39.8 Å². The number of hydrogen-bond donors (Lipinski definition) is 3. The molecule has 3 nitrogen and oxygen atoms in total. The quantitative estimate of drug-likeness (QED) is 0.704. The van der Waals surface area contributed by atoms with Gasteiger partial charge in [-0.3, -0.25) is 0 Å². The van der Waals surface area contributed by atoms with Crippen molar-refractivity contribution < 1.29 is 0 Å². The Balaban J connectivity index is 1.90. The Morgan fingerprint density at radius 2 is 2.47 bits per heavy atom. The van der Waals surface area contributed by atoms with Crippen LogP contribution < -0.4 is 10.6 Å². The lowest BCUT2D eigenvalue weighted by Gasteiger charge is -2.27. The lowest BCUT2D eigenvalue weighted by atomic mass is 9.97. The van der Waals surface area contributed by atoms with Crippen molar-refractivity contribution in [2.75, 3.05) is 13.6 Å². The molecular formula is C12H21N3. The maximum absolute atomic E-state index is 3.59. The molecule has 0 saturated carbocycles. The molecule has 1 fully saturated rings. The molecule has 0 radical (unpaired) electrons. The van der Waals surface area contributed by atoms with Crippen LogP contribution in [0.5, 0.6) is 0 Å². The highest BCUT2D eigenvalue weighted by Crippen LogP contribution is 2.20. The third kappa shape index (κ3) is 2.83. The molecule has 0 aromatic carbocycles. The molecule has 1 saturated heterocycles. The van der Waals surface area contributed by atoms with Gasteiger partial charge in [0.05, 0.1) is 0 Å². The first kappa shape index (κ1) is 10.7. The predicted octanol–water partition coefficient (Wildman–Crippen LogP) is 1.81. The van der Waals surface area contributed by atoms with Crippen LogP contribution in [0.2, 0.25) is 0 Å². The fourth-order valence-corrected chi connectivity index (χ4v) is 2.37. The normalized spacial score (nSPS) is 23.9. The highest BCUT2D eigenvalue weighted by atomic mass is 15.0. The van der Waals surface area contributed by atoms with Crippen LogP contribution in [0.1, 0.15) is 37.4 Å². The molecule has 0 amide bonds. The smallest absolute Gasteiger partial charge is 0.0485 e. The van der Waals surface area contributed by atoms with E-state index in [2.05, 4.69) is 27.8 Å². The van der Waals surface area contributed by atoms with Gasteiger partial charge < -0.3 is 15.6 Å². The summed E-state index contributed by atoms with van der Waals surface area (Å²) in [5.41, 5.74) is 1.30. The van der Waals surface area contributed by atoms with Gasteiger partial charge in [-0.2, -0.15) is 0 Å². The number of nitrogens with one attached hydrogen (secondary N) is 3. The van der Waals surface area contributed by atoms with Gasteiger partial charge in [0.2, 0.25) is 0 Å². The Bertz CT molecular complexity index is 262. The van der Waals surface area contributed by atoms with Crippen molar-refractivity contribution in [2.45, 2.75) is 37.8 Å². The van der Waals surface area contributed by atoms with Gasteiger partial charge >= 0.3 is 0 Å². The molecule has 2 unspecified atom stereocenters. The molecule has 0 aliphatic carbocycles. The fourth-order valence-electron chi connectivity index (χ4n) is 2.37. The van der Waals surface area contributed by atoms with Gasteiger partial charge in [0.1, 0.15) is 0 Å². The predicted molar refractivity (Wildman–Crippen MR) is 62.9 cm³/mol. The fraction of sp³-hybridized carbons (Fsp3) is 0.667. The van der Waals surface area contributed by atoms with Crippen LogP contribution >= 0.6 is 0 Å². The number of piperidine rings is 1. The van der Waals surface area contributed by atoms with Gasteiger partial charge in [-0.05, 0) is 45.0 Å². The molecule has 84 valence electrons. The zero-order chi connectivity index (χ0) is 10.5. The highest BCUT2D eigenvalue weighted by molar-refractivity contribution is 5.09. The van der Waals surface area contributed by atoms with Gasteiger partial charge in [-0.15, -0.1) is 0 Å². The number of aromatic amines is 1. The van der Waals surface area contributed by atoms with E-state index in [9.17, 15) is 0 Å². The molecule has 0 spiro atoms. The van der Waals surface area contributed by atoms with Crippen molar-refractivity contribution in [1.29, 1.82) is 0 Å². The minimum Gasteiger partial charge on any atom is -0.364 e. The van der Waals surface area contributed by atoms with E-state index in [1.807, 2.05) is 13.2 Å². The van der Waals surface area contributed by atoms with E-state index in [4.69, 9.17) is 0 Å². The summed E-state index contributed by atoms with van der Waals surface area (Å²) in [6, 6.07) is 5.35. The van der Waals surface area contributed by atoms with E-state index in [-0.39, 0.29) is 0 Å². The molecule has 2 atom stereocenters. The molecule has 3 N–H and O–H groups in total. The Hall–Kier alpha value is -0.800. The number of H-pyrrole nitrogens is 1. The summed E-state index contributed by atoms with van der Waals surface area (Å²) in [6.45, 7) is 1.19. The average Bonchev–Trinajstić information content (AvgIpc) is 2.81. The summed E-state index contributed by atoms with van der Waals surface area (Å²) in [7, 11) is 2.04. The first-order valence-electron chi connectivity index (χ1n) is 5.94. The monoisotopic (exact) mass is 207 g/mol. The number of aromatic nitrogens is 1. The van der Waals surface area contributed by atoms with E-state index >= 15 is 0 Å². The third-order valence-corrected chi connectivity index (χ3v) is 3.28. The molecule has 2 heterocycles. The molecule has 2 rings (SSSR count). The molecular weight excluding hydrogens is 186 g/mol. The van der Waals surface area contributed by atoms with Crippen molar-refractivity contribution in [1.82, 2.24) is 15.6 Å². The standard InChI is InChI=1S/C12H21N3/c1-13-12(11-6-4-8-15-11)9-10-5-2-3-7-14-10/h4,6,8,10,12-15H,2-3,5,7,9H2,1H3. The van der Waals surface area contributed by atoms with E-state index in [0.717, 1.165) is 0 Å². The van der Waals surface area contributed by atoms with Gasteiger partial charge in [0.25, 0.3) is 0 Å². The molecule has 3 heteroatoms. The molecule has 1 aromatic rings. The second-order valence-electron chi connectivity index (χ2n) is 4.35. The maximum Gasteiger partial charge on any atom is 0.0485 e. The second-order valence-corrected chi connectivity index (χ2v) is 4.35. The van der Waals surface area contributed by atoms with Crippen LogP contribution in [-0.2, 0) is 0 Å². The Morgan fingerprint density at radius 3 is 3.07 bits per heavy atom. The maximum atomic E-state index is 3.59. The second kappa shape index (κ2) is 5.33. The Morgan fingerprint density at radius 1 is 1.53 bits per heavy atom. The third-order valence-electron chi connectivity index (χ3n) is 3.28. The summed E-state index contributed by atoms with van der Waals surface area (Å²) in [5.74, 6) is 0. The molecule has 1 aliphatic rings. The van der Waals surface area contributed by atoms with Gasteiger partial charge in [0, 0.05) is 24.0 Å². The summed E-state index contributed by atoms with van der Waals surface area (Å²) >= 11 is 0. The van der Waals surface area contributed by atoms with E-state index in [1.54, 1.807) is 0 Å². The van der Waals surface area contributed by atoms with Crippen molar-refractivity contribution in [3.63, 3.8) is 0 Å². The van der Waals surface area contributed by atoms with E-state index in [0.29, 0.717) is 12.1 Å². The first-order chi connectivity index (χ1) is 7.40. The van der Waals surface area contributed by atoms with Crippen molar-refractivity contribution >= 4 is 0 Å².